The van der Waals surface area contributed by atoms with E-state index >= 15 is 0 Å². The topological polar surface area (TPSA) is 38.3 Å². The Morgan fingerprint density at radius 2 is 2.27 bits per heavy atom. The van der Waals surface area contributed by atoms with Crippen molar-refractivity contribution < 1.29 is 9.53 Å². The highest BCUT2D eigenvalue weighted by Crippen LogP contribution is 2.27. The van der Waals surface area contributed by atoms with Gasteiger partial charge in [-0.25, -0.2) is 0 Å². The van der Waals surface area contributed by atoms with Crippen molar-refractivity contribution >= 4 is 5.97 Å². The summed E-state index contributed by atoms with van der Waals surface area (Å²) in [5.41, 5.74) is 0. The zero-order valence-electron chi connectivity index (χ0n) is 7.09. The standard InChI is InChI=1S/C8H15NO2/c1-3-11-8(10)6-4-7(5-6)9-2/h6-7,9H,3-5H2,1-2H3. The lowest BCUT2D eigenvalue weighted by Gasteiger charge is -2.32. The Balaban J connectivity index is 2.16. The molecule has 0 unspecified atom stereocenters. The van der Waals surface area contributed by atoms with Gasteiger partial charge in [0.15, 0.2) is 0 Å². The zero-order valence-corrected chi connectivity index (χ0v) is 7.09. The molecule has 0 atom stereocenters. The average molecular weight is 157 g/mol. The van der Waals surface area contributed by atoms with Gasteiger partial charge < -0.3 is 10.1 Å². The summed E-state index contributed by atoms with van der Waals surface area (Å²) in [6, 6.07) is 0.532. The lowest BCUT2D eigenvalue weighted by molar-refractivity contribution is -0.151. The molecule has 3 heteroatoms. The van der Waals surface area contributed by atoms with E-state index in [0.717, 1.165) is 12.8 Å². The molecular formula is C8H15NO2. The monoisotopic (exact) mass is 157 g/mol. The fourth-order valence-electron chi connectivity index (χ4n) is 1.31. The van der Waals surface area contributed by atoms with Crippen LogP contribution in [0.2, 0.25) is 0 Å². The van der Waals surface area contributed by atoms with Gasteiger partial charge in [0.1, 0.15) is 0 Å². The van der Waals surface area contributed by atoms with Crippen molar-refractivity contribution in [2.45, 2.75) is 25.8 Å². The predicted octanol–water partition coefficient (Wildman–Crippen LogP) is 0.547. The summed E-state index contributed by atoms with van der Waals surface area (Å²) in [6.45, 7) is 2.34. The smallest absolute Gasteiger partial charge is 0.309 e. The maximum atomic E-state index is 11.0. The second kappa shape index (κ2) is 3.72. The number of ether oxygens (including phenoxy) is 1. The Morgan fingerprint density at radius 1 is 1.64 bits per heavy atom. The van der Waals surface area contributed by atoms with Gasteiger partial charge in [0, 0.05) is 6.04 Å². The number of hydrogen-bond donors (Lipinski definition) is 1. The van der Waals surface area contributed by atoms with Gasteiger partial charge in [0.2, 0.25) is 0 Å². The van der Waals surface area contributed by atoms with Crippen molar-refractivity contribution in [2.75, 3.05) is 13.7 Å². The number of carbonyl (C=O) groups is 1. The fraction of sp³-hybridized carbons (Fsp3) is 0.875. The number of hydrogen-bond acceptors (Lipinski definition) is 3. The molecule has 0 amide bonds. The van der Waals surface area contributed by atoms with Crippen molar-refractivity contribution in [1.29, 1.82) is 0 Å². The van der Waals surface area contributed by atoms with E-state index in [1.807, 2.05) is 14.0 Å². The quantitative estimate of drug-likeness (QED) is 0.608. The molecule has 11 heavy (non-hydrogen) atoms. The summed E-state index contributed by atoms with van der Waals surface area (Å²) in [4.78, 5) is 11.0. The molecule has 0 aliphatic heterocycles. The highest BCUT2D eigenvalue weighted by atomic mass is 16.5. The number of carbonyl (C=O) groups excluding carboxylic acids is 1. The first-order valence-electron chi connectivity index (χ1n) is 4.11. The van der Waals surface area contributed by atoms with Gasteiger partial charge >= 0.3 is 5.97 Å². The van der Waals surface area contributed by atoms with Gasteiger partial charge in [-0.1, -0.05) is 0 Å². The molecule has 1 N–H and O–H groups in total. The van der Waals surface area contributed by atoms with Crippen molar-refractivity contribution in [2.24, 2.45) is 5.92 Å². The lowest BCUT2D eigenvalue weighted by Crippen LogP contribution is -2.43. The summed E-state index contributed by atoms with van der Waals surface area (Å²) in [7, 11) is 1.92. The van der Waals surface area contributed by atoms with Crippen molar-refractivity contribution in [3.63, 3.8) is 0 Å². The van der Waals surface area contributed by atoms with E-state index in [2.05, 4.69) is 5.32 Å². The summed E-state index contributed by atoms with van der Waals surface area (Å²) in [6.07, 6.45) is 1.88. The highest BCUT2D eigenvalue weighted by Gasteiger charge is 2.34. The van der Waals surface area contributed by atoms with E-state index in [4.69, 9.17) is 4.74 Å². The first-order valence-corrected chi connectivity index (χ1v) is 4.11. The third kappa shape index (κ3) is 1.93. The zero-order chi connectivity index (χ0) is 8.27. The maximum absolute atomic E-state index is 11.0. The first-order chi connectivity index (χ1) is 5.27. The summed E-state index contributed by atoms with van der Waals surface area (Å²) in [5, 5.41) is 3.12. The molecule has 0 aromatic rings. The SMILES string of the molecule is CCOC(=O)C1CC(NC)C1. The predicted molar refractivity (Wildman–Crippen MR) is 42.2 cm³/mol. The van der Waals surface area contributed by atoms with Gasteiger partial charge in [0.25, 0.3) is 0 Å². The minimum atomic E-state index is -0.0287. The molecular weight excluding hydrogens is 142 g/mol. The van der Waals surface area contributed by atoms with Crippen LogP contribution in [0.1, 0.15) is 19.8 Å². The van der Waals surface area contributed by atoms with Gasteiger partial charge in [-0.15, -0.1) is 0 Å². The fourth-order valence-corrected chi connectivity index (χ4v) is 1.31. The Morgan fingerprint density at radius 3 is 2.73 bits per heavy atom. The van der Waals surface area contributed by atoms with E-state index in [-0.39, 0.29) is 11.9 Å². The van der Waals surface area contributed by atoms with Crippen LogP contribution in [-0.2, 0) is 9.53 Å². The molecule has 0 spiro atoms. The van der Waals surface area contributed by atoms with Crippen LogP contribution in [0.4, 0.5) is 0 Å². The van der Waals surface area contributed by atoms with E-state index in [1.54, 1.807) is 0 Å². The van der Waals surface area contributed by atoms with Crippen LogP contribution in [0.15, 0.2) is 0 Å². The summed E-state index contributed by atoms with van der Waals surface area (Å²) in [5.74, 6) is 0.131. The lowest BCUT2D eigenvalue weighted by atomic mass is 9.80. The van der Waals surface area contributed by atoms with Crippen LogP contribution in [-0.4, -0.2) is 25.7 Å². The number of esters is 1. The van der Waals surface area contributed by atoms with Gasteiger partial charge in [-0.2, -0.15) is 0 Å². The Kier molecular flexibility index (Phi) is 2.88. The van der Waals surface area contributed by atoms with Gasteiger partial charge in [0.05, 0.1) is 12.5 Å². The molecule has 1 rings (SSSR count). The van der Waals surface area contributed by atoms with Crippen LogP contribution >= 0.6 is 0 Å². The molecule has 1 saturated carbocycles. The van der Waals surface area contributed by atoms with E-state index < -0.39 is 0 Å². The van der Waals surface area contributed by atoms with Crippen molar-refractivity contribution in [3.05, 3.63) is 0 Å². The Hall–Kier alpha value is -0.570. The molecule has 1 aliphatic rings. The minimum Gasteiger partial charge on any atom is -0.466 e. The maximum Gasteiger partial charge on any atom is 0.309 e. The molecule has 0 aromatic heterocycles. The van der Waals surface area contributed by atoms with Crippen molar-refractivity contribution in [3.8, 4) is 0 Å². The third-order valence-electron chi connectivity index (χ3n) is 2.17. The Bertz CT molecular complexity index is 141. The second-order valence-electron chi connectivity index (χ2n) is 2.91. The molecule has 3 nitrogen and oxygen atoms in total. The van der Waals surface area contributed by atoms with Crippen LogP contribution in [0.25, 0.3) is 0 Å². The molecule has 0 heterocycles. The molecule has 0 radical (unpaired) electrons. The van der Waals surface area contributed by atoms with E-state index in [1.165, 1.54) is 0 Å². The third-order valence-corrected chi connectivity index (χ3v) is 2.17. The molecule has 1 fully saturated rings. The molecule has 0 bridgehead atoms. The largest absolute Gasteiger partial charge is 0.466 e. The van der Waals surface area contributed by atoms with E-state index in [9.17, 15) is 4.79 Å². The minimum absolute atomic E-state index is 0.0287. The van der Waals surface area contributed by atoms with Gasteiger partial charge in [-0.05, 0) is 26.8 Å². The normalized spacial score (nSPS) is 29.3. The van der Waals surface area contributed by atoms with Crippen LogP contribution in [0, 0.1) is 5.92 Å². The van der Waals surface area contributed by atoms with Crippen LogP contribution in [0.5, 0.6) is 0 Å². The number of nitrogens with one attached hydrogen (secondary N) is 1. The van der Waals surface area contributed by atoms with Gasteiger partial charge in [-0.3, -0.25) is 4.79 Å². The summed E-state index contributed by atoms with van der Waals surface area (Å²) < 4.78 is 4.87. The van der Waals surface area contributed by atoms with Crippen LogP contribution in [0.3, 0.4) is 0 Å². The van der Waals surface area contributed by atoms with E-state index in [0.29, 0.717) is 12.6 Å². The van der Waals surface area contributed by atoms with Crippen molar-refractivity contribution in [1.82, 2.24) is 5.32 Å². The molecule has 0 aromatic carbocycles. The molecule has 0 saturated heterocycles. The number of rotatable bonds is 3. The van der Waals surface area contributed by atoms with Crippen LogP contribution < -0.4 is 5.32 Å². The average Bonchev–Trinajstić information content (AvgIpc) is 1.86. The second-order valence-corrected chi connectivity index (χ2v) is 2.91. The Labute approximate surface area is 67.1 Å². The summed E-state index contributed by atoms with van der Waals surface area (Å²) >= 11 is 0. The molecule has 1 aliphatic carbocycles. The highest BCUT2D eigenvalue weighted by molar-refractivity contribution is 5.73. The molecule has 64 valence electrons. The first kappa shape index (κ1) is 8.53.